The molecule has 3 aromatic heterocycles. The topological polar surface area (TPSA) is 83.8 Å². The Morgan fingerprint density at radius 3 is 2.92 bits per heavy atom. The average Bonchev–Trinajstić information content (AvgIpc) is 3.01. The number of nitrogens with zero attached hydrogens (tertiary/aromatic N) is 4. The van der Waals surface area contributed by atoms with Gasteiger partial charge in [-0.05, 0) is 38.2 Å². The van der Waals surface area contributed by atoms with Crippen LogP contribution in [0.15, 0.2) is 18.6 Å². The van der Waals surface area contributed by atoms with Gasteiger partial charge in [0.15, 0.2) is 5.82 Å². The Morgan fingerprint density at radius 1 is 1.25 bits per heavy atom. The van der Waals surface area contributed by atoms with Crippen molar-refractivity contribution in [2.45, 2.75) is 38.6 Å². The fourth-order valence-corrected chi connectivity index (χ4v) is 4.33. The van der Waals surface area contributed by atoms with Gasteiger partial charge in [0.25, 0.3) is 0 Å². The Balaban J connectivity index is 1.91. The van der Waals surface area contributed by atoms with E-state index in [0.717, 1.165) is 28.9 Å². The van der Waals surface area contributed by atoms with E-state index in [4.69, 9.17) is 9.97 Å². The first-order valence-corrected chi connectivity index (χ1v) is 9.04. The van der Waals surface area contributed by atoms with Gasteiger partial charge in [-0.2, -0.15) is 0 Å². The van der Waals surface area contributed by atoms with Crippen LogP contribution in [-0.2, 0) is 12.8 Å². The van der Waals surface area contributed by atoms with Crippen LogP contribution in [0.5, 0.6) is 0 Å². The number of anilines is 1. The molecule has 7 heteroatoms. The van der Waals surface area contributed by atoms with E-state index in [9.17, 15) is 5.11 Å². The molecule has 3 aromatic rings. The van der Waals surface area contributed by atoms with E-state index >= 15 is 0 Å². The van der Waals surface area contributed by atoms with E-state index in [2.05, 4.69) is 15.3 Å². The third-order valence-corrected chi connectivity index (χ3v) is 5.45. The van der Waals surface area contributed by atoms with Gasteiger partial charge >= 0.3 is 0 Å². The van der Waals surface area contributed by atoms with Crippen molar-refractivity contribution in [2.24, 2.45) is 0 Å². The lowest BCUT2D eigenvalue weighted by atomic mass is 9.97. The van der Waals surface area contributed by atoms with E-state index < -0.39 is 0 Å². The molecule has 0 amide bonds. The molecular formula is C17H19N5OS. The van der Waals surface area contributed by atoms with E-state index in [1.165, 1.54) is 23.3 Å². The number of aliphatic hydroxyl groups excluding tert-OH is 1. The summed E-state index contributed by atoms with van der Waals surface area (Å²) >= 11 is 1.76. The molecule has 0 aromatic carbocycles. The average molecular weight is 341 g/mol. The molecule has 3 heterocycles. The van der Waals surface area contributed by atoms with Crippen molar-refractivity contribution in [1.29, 1.82) is 0 Å². The predicted molar refractivity (Wildman–Crippen MR) is 95.3 cm³/mol. The molecule has 0 saturated heterocycles. The third-order valence-electron chi connectivity index (χ3n) is 4.26. The second-order valence-corrected chi connectivity index (χ2v) is 7.19. The maximum absolute atomic E-state index is 9.42. The molecular weight excluding hydrogens is 322 g/mol. The maximum Gasteiger partial charge on any atom is 0.183 e. The molecule has 0 bridgehead atoms. The molecule has 24 heavy (non-hydrogen) atoms. The Hall–Kier alpha value is -2.12. The largest absolute Gasteiger partial charge is 0.394 e. The quantitative estimate of drug-likeness (QED) is 0.759. The molecule has 4 rings (SSSR count). The summed E-state index contributed by atoms with van der Waals surface area (Å²) < 4.78 is 0. The minimum atomic E-state index is -0.0723. The summed E-state index contributed by atoms with van der Waals surface area (Å²) in [6.45, 7) is 1.99. The van der Waals surface area contributed by atoms with Gasteiger partial charge in [-0.25, -0.2) is 15.0 Å². The van der Waals surface area contributed by atoms with Gasteiger partial charge in [0, 0.05) is 23.3 Å². The summed E-state index contributed by atoms with van der Waals surface area (Å²) in [5, 5.41) is 13.9. The molecule has 0 aliphatic heterocycles. The van der Waals surface area contributed by atoms with Crippen LogP contribution >= 0.6 is 11.3 Å². The highest BCUT2D eigenvalue weighted by molar-refractivity contribution is 7.19. The van der Waals surface area contributed by atoms with E-state index in [0.29, 0.717) is 11.5 Å². The van der Waals surface area contributed by atoms with Gasteiger partial charge in [0.1, 0.15) is 16.3 Å². The zero-order chi connectivity index (χ0) is 16.5. The Morgan fingerprint density at radius 2 is 2.12 bits per heavy atom. The highest BCUT2D eigenvalue weighted by Crippen LogP contribution is 2.39. The number of aliphatic hydroxyl groups is 1. The molecule has 1 aliphatic rings. The summed E-state index contributed by atoms with van der Waals surface area (Å²) in [5.41, 5.74) is 2.03. The normalized spacial score (nSPS) is 15.2. The Bertz CT molecular complexity index is 864. The summed E-state index contributed by atoms with van der Waals surface area (Å²) in [4.78, 5) is 20.3. The van der Waals surface area contributed by atoms with Crippen LogP contribution in [0.4, 0.5) is 5.82 Å². The van der Waals surface area contributed by atoms with E-state index in [1.54, 1.807) is 29.9 Å². The molecule has 0 fully saturated rings. The molecule has 1 atom stereocenters. The minimum Gasteiger partial charge on any atom is -0.394 e. The number of hydrogen-bond donors (Lipinski definition) is 2. The van der Waals surface area contributed by atoms with E-state index in [-0.39, 0.29) is 12.6 Å². The molecule has 2 N–H and O–H groups in total. The fourth-order valence-electron chi connectivity index (χ4n) is 3.07. The predicted octanol–water partition coefficient (Wildman–Crippen LogP) is 2.82. The van der Waals surface area contributed by atoms with Crippen molar-refractivity contribution in [3.63, 3.8) is 0 Å². The smallest absolute Gasteiger partial charge is 0.183 e. The van der Waals surface area contributed by atoms with Gasteiger partial charge in [0.2, 0.25) is 0 Å². The molecule has 1 unspecified atom stereocenters. The van der Waals surface area contributed by atoms with Crippen LogP contribution in [0.2, 0.25) is 0 Å². The highest BCUT2D eigenvalue weighted by atomic mass is 32.1. The van der Waals surface area contributed by atoms with Crippen molar-refractivity contribution < 1.29 is 5.11 Å². The summed E-state index contributed by atoms with van der Waals surface area (Å²) in [7, 11) is 0. The van der Waals surface area contributed by atoms with Crippen molar-refractivity contribution in [1.82, 2.24) is 19.9 Å². The lowest BCUT2D eigenvalue weighted by molar-refractivity contribution is 0.281. The van der Waals surface area contributed by atoms with Gasteiger partial charge in [-0.1, -0.05) is 0 Å². The molecule has 1 aliphatic carbocycles. The van der Waals surface area contributed by atoms with Crippen molar-refractivity contribution in [2.75, 3.05) is 11.9 Å². The van der Waals surface area contributed by atoms with Crippen molar-refractivity contribution in [3.8, 4) is 11.5 Å². The summed E-state index contributed by atoms with van der Waals surface area (Å²) in [6.07, 6.45) is 9.59. The lowest BCUT2D eigenvalue weighted by Gasteiger charge is -2.16. The molecule has 0 saturated carbocycles. The van der Waals surface area contributed by atoms with Crippen LogP contribution in [0.3, 0.4) is 0 Å². The minimum absolute atomic E-state index is 0.0539. The van der Waals surface area contributed by atoms with Crippen LogP contribution in [0.25, 0.3) is 21.7 Å². The highest BCUT2D eigenvalue weighted by Gasteiger charge is 2.22. The zero-order valence-electron chi connectivity index (χ0n) is 13.5. The molecule has 6 nitrogen and oxygen atoms in total. The maximum atomic E-state index is 9.42. The van der Waals surface area contributed by atoms with Gasteiger partial charge in [0.05, 0.1) is 18.2 Å². The lowest BCUT2D eigenvalue weighted by Crippen LogP contribution is -2.20. The van der Waals surface area contributed by atoms with Crippen molar-refractivity contribution >= 4 is 27.4 Å². The van der Waals surface area contributed by atoms with Gasteiger partial charge < -0.3 is 10.4 Å². The number of rotatable bonds is 4. The van der Waals surface area contributed by atoms with E-state index in [1.807, 2.05) is 6.92 Å². The Labute approximate surface area is 144 Å². The SMILES string of the molecule is CC(CO)Nc1nc(-c2cnccn2)nc2sc3c(c12)CCCC3. The van der Waals surface area contributed by atoms with Gasteiger partial charge in [-0.15, -0.1) is 11.3 Å². The number of aryl methyl sites for hydroxylation is 2. The number of thiophene rings is 1. The standard InChI is InChI=1S/C17H19N5OS/c1-10(9-23)20-16-14-11-4-2-3-5-13(11)24-17(14)22-15(21-16)12-8-18-6-7-19-12/h6-8,10,23H,2-5,9H2,1H3,(H,20,21,22). The zero-order valence-corrected chi connectivity index (χ0v) is 14.3. The molecule has 0 spiro atoms. The second kappa shape index (κ2) is 6.41. The first-order chi connectivity index (χ1) is 11.8. The first-order valence-electron chi connectivity index (χ1n) is 8.22. The third kappa shape index (κ3) is 2.74. The monoisotopic (exact) mass is 341 g/mol. The van der Waals surface area contributed by atoms with Crippen molar-refractivity contribution in [3.05, 3.63) is 29.0 Å². The molecule has 0 radical (unpaired) electrons. The number of hydrogen-bond acceptors (Lipinski definition) is 7. The molecule has 124 valence electrons. The van der Waals surface area contributed by atoms with Gasteiger partial charge in [-0.3, -0.25) is 4.98 Å². The number of nitrogens with one attached hydrogen (secondary N) is 1. The first kappa shape index (κ1) is 15.4. The van der Waals surface area contributed by atoms with Crippen LogP contribution in [-0.4, -0.2) is 37.7 Å². The fraction of sp³-hybridized carbons (Fsp3) is 0.412. The number of fused-ring (bicyclic) bond motifs is 3. The van der Waals surface area contributed by atoms with Crippen LogP contribution in [0.1, 0.15) is 30.2 Å². The summed E-state index contributed by atoms with van der Waals surface area (Å²) in [5.74, 6) is 1.36. The Kier molecular flexibility index (Phi) is 4.12. The van der Waals surface area contributed by atoms with Crippen LogP contribution in [0, 0.1) is 0 Å². The van der Waals surface area contributed by atoms with Crippen LogP contribution < -0.4 is 5.32 Å². The summed E-state index contributed by atoms with van der Waals surface area (Å²) in [6, 6.07) is -0.0723. The number of aromatic nitrogens is 4. The second-order valence-electron chi connectivity index (χ2n) is 6.11.